The monoisotopic (exact) mass is 623 g/mol. The SMILES string of the molecule is CC(C)(C)OC(=O)NCCNC(=O)C[N+](C)(CCCNC(=O)OCc1ccccc1)CC(=O)NCCNC(=O)OC(C)(C)C. The van der Waals surface area contributed by atoms with Crippen LogP contribution in [-0.2, 0) is 30.4 Å². The fourth-order valence-electron chi connectivity index (χ4n) is 3.81. The Morgan fingerprint density at radius 3 is 1.52 bits per heavy atom. The van der Waals surface area contributed by atoms with E-state index in [1.165, 1.54) is 0 Å². The third-order valence-electron chi connectivity index (χ3n) is 5.64. The summed E-state index contributed by atoms with van der Waals surface area (Å²) < 4.78 is 15.6. The number of carbonyl (C=O) groups is 5. The summed E-state index contributed by atoms with van der Waals surface area (Å²) in [5, 5.41) is 13.3. The smallest absolute Gasteiger partial charge is 0.407 e. The number of likely N-dealkylation sites (N-methyl/N-ethyl adjacent to an activating group) is 1. The molecule has 0 atom stereocenters. The number of ether oxygens (including phenoxy) is 3. The van der Waals surface area contributed by atoms with Gasteiger partial charge in [-0.1, -0.05) is 30.3 Å². The first-order valence-corrected chi connectivity index (χ1v) is 14.7. The minimum atomic E-state index is -0.632. The molecule has 5 N–H and O–H groups in total. The van der Waals surface area contributed by atoms with Gasteiger partial charge in [0.15, 0.2) is 13.1 Å². The van der Waals surface area contributed by atoms with Gasteiger partial charge >= 0.3 is 18.3 Å². The number of alkyl carbamates (subject to hydrolysis) is 3. The number of nitrogens with one attached hydrogen (secondary N) is 5. The minimum absolute atomic E-state index is 0.0194. The molecule has 0 spiro atoms. The highest BCUT2D eigenvalue weighted by atomic mass is 16.6. The van der Waals surface area contributed by atoms with E-state index in [-0.39, 0.29) is 68.7 Å². The first-order chi connectivity index (χ1) is 20.5. The van der Waals surface area contributed by atoms with Crippen LogP contribution in [0.5, 0.6) is 0 Å². The van der Waals surface area contributed by atoms with Gasteiger partial charge < -0.3 is 45.3 Å². The molecule has 1 aromatic rings. The molecule has 0 aliphatic heterocycles. The molecule has 0 aromatic heterocycles. The molecule has 248 valence electrons. The fraction of sp³-hybridized carbons (Fsp3) is 0.633. The zero-order valence-electron chi connectivity index (χ0n) is 27.2. The van der Waals surface area contributed by atoms with Crippen molar-refractivity contribution in [2.75, 3.05) is 59.4 Å². The summed E-state index contributed by atoms with van der Waals surface area (Å²) >= 11 is 0. The van der Waals surface area contributed by atoms with Crippen molar-refractivity contribution in [1.29, 1.82) is 0 Å². The zero-order valence-corrected chi connectivity index (χ0v) is 27.2. The number of nitrogens with zero attached hydrogens (tertiary/aromatic N) is 1. The van der Waals surface area contributed by atoms with Crippen molar-refractivity contribution in [3.8, 4) is 0 Å². The summed E-state index contributed by atoms with van der Waals surface area (Å²) in [4.78, 5) is 61.2. The van der Waals surface area contributed by atoms with Crippen LogP contribution in [0.25, 0.3) is 0 Å². The molecule has 5 amide bonds. The van der Waals surface area contributed by atoms with E-state index in [1.54, 1.807) is 48.6 Å². The van der Waals surface area contributed by atoms with E-state index in [0.717, 1.165) is 5.56 Å². The number of quaternary nitrogens is 1. The third kappa shape index (κ3) is 19.9. The van der Waals surface area contributed by atoms with Crippen LogP contribution in [0.4, 0.5) is 14.4 Å². The topological polar surface area (TPSA) is 173 Å². The predicted molar refractivity (Wildman–Crippen MR) is 165 cm³/mol. The standard InChI is InChI=1S/C30H50N6O8/c1-29(2,3)43-27(40)34-17-15-31-24(37)20-36(7,21-25(38)32-16-18-35-28(41)44-30(4,5)6)19-11-14-33-26(39)42-22-23-12-9-8-10-13-23/h8-10,12-13H,11,14-22H2,1-7H3,(H4-,31,32,33,34,35,37,38,39,40,41)/p+1. The highest BCUT2D eigenvalue weighted by Gasteiger charge is 2.28. The number of amides is 5. The average Bonchev–Trinajstić information content (AvgIpc) is 2.89. The van der Waals surface area contributed by atoms with Gasteiger partial charge in [0.05, 0.1) is 13.6 Å². The maximum atomic E-state index is 12.8. The van der Waals surface area contributed by atoms with Crippen molar-refractivity contribution in [2.24, 2.45) is 0 Å². The normalized spacial score (nSPS) is 11.5. The maximum Gasteiger partial charge on any atom is 0.407 e. The largest absolute Gasteiger partial charge is 0.445 e. The molecule has 0 aliphatic rings. The average molecular weight is 624 g/mol. The van der Waals surface area contributed by atoms with Crippen molar-refractivity contribution in [3.63, 3.8) is 0 Å². The van der Waals surface area contributed by atoms with E-state index in [1.807, 2.05) is 30.3 Å². The molecule has 1 aromatic carbocycles. The lowest BCUT2D eigenvalue weighted by atomic mass is 10.2. The molecule has 0 heterocycles. The van der Waals surface area contributed by atoms with Crippen LogP contribution in [0.3, 0.4) is 0 Å². The van der Waals surface area contributed by atoms with Gasteiger partial charge in [0.1, 0.15) is 17.8 Å². The van der Waals surface area contributed by atoms with Gasteiger partial charge in [0.25, 0.3) is 11.8 Å². The van der Waals surface area contributed by atoms with Gasteiger partial charge in [0.2, 0.25) is 0 Å². The van der Waals surface area contributed by atoms with Gasteiger partial charge in [-0.25, -0.2) is 14.4 Å². The summed E-state index contributed by atoms with van der Waals surface area (Å²) in [7, 11) is 1.77. The number of rotatable bonds is 16. The van der Waals surface area contributed by atoms with Crippen molar-refractivity contribution < 1.29 is 42.7 Å². The molecule has 1 rings (SSSR count). The van der Waals surface area contributed by atoms with Gasteiger partial charge in [-0.3, -0.25) is 9.59 Å². The van der Waals surface area contributed by atoms with Crippen LogP contribution in [-0.4, -0.2) is 105 Å². The van der Waals surface area contributed by atoms with Gasteiger partial charge in [-0.15, -0.1) is 0 Å². The molecule has 0 radical (unpaired) electrons. The molecule has 0 unspecified atom stereocenters. The Labute approximate surface area is 260 Å². The van der Waals surface area contributed by atoms with E-state index in [2.05, 4.69) is 26.6 Å². The van der Waals surface area contributed by atoms with Crippen molar-refractivity contribution in [2.45, 2.75) is 65.8 Å². The Bertz CT molecular complexity index is 1020. The third-order valence-corrected chi connectivity index (χ3v) is 5.64. The summed E-state index contributed by atoms with van der Waals surface area (Å²) in [6.07, 6.45) is -1.26. The molecular formula is C30H51N6O8+. The van der Waals surface area contributed by atoms with Gasteiger partial charge in [0, 0.05) is 39.1 Å². The number of carbonyl (C=O) groups excluding carboxylic acids is 5. The maximum absolute atomic E-state index is 12.8. The predicted octanol–water partition coefficient (Wildman–Crippen LogP) is 2.03. The zero-order chi connectivity index (χ0) is 33.2. The molecular weight excluding hydrogens is 572 g/mol. The Morgan fingerprint density at radius 1 is 0.636 bits per heavy atom. The molecule has 0 saturated heterocycles. The lowest BCUT2D eigenvalue weighted by molar-refractivity contribution is -0.894. The Morgan fingerprint density at radius 2 is 1.07 bits per heavy atom. The van der Waals surface area contributed by atoms with Crippen LogP contribution in [0.1, 0.15) is 53.5 Å². The molecule has 0 fully saturated rings. The molecule has 14 heteroatoms. The van der Waals surface area contributed by atoms with Crippen LogP contribution < -0.4 is 26.6 Å². The summed E-state index contributed by atoms with van der Waals surface area (Å²) in [6.45, 7) is 12.0. The number of hydrogen-bond acceptors (Lipinski definition) is 8. The summed E-state index contributed by atoms with van der Waals surface area (Å²) in [5.41, 5.74) is -0.398. The number of benzene rings is 1. The van der Waals surface area contributed by atoms with Crippen LogP contribution >= 0.6 is 0 Å². The second kappa shape index (κ2) is 18.6. The molecule has 0 aliphatic carbocycles. The minimum Gasteiger partial charge on any atom is -0.445 e. The number of hydrogen-bond donors (Lipinski definition) is 5. The van der Waals surface area contributed by atoms with Crippen molar-refractivity contribution in [3.05, 3.63) is 35.9 Å². The van der Waals surface area contributed by atoms with Crippen LogP contribution in [0.15, 0.2) is 30.3 Å². The first-order valence-electron chi connectivity index (χ1n) is 14.7. The van der Waals surface area contributed by atoms with E-state index in [9.17, 15) is 24.0 Å². The Kier molecular flexibility index (Phi) is 16.0. The van der Waals surface area contributed by atoms with Gasteiger partial charge in [-0.05, 0) is 47.1 Å². The Hall–Kier alpha value is -4.07. The molecule has 14 nitrogen and oxygen atoms in total. The lowest BCUT2D eigenvalue weighted by Gasteiger charge is -2.33. The Balaban J connectivity index is 2.59. The summed E-state index contributed by atoms with van der Waals surface area (Å²) in [6, 6.07) is 9.30. The quantitative estimate of drug-likeness (QED) is 0.106. The van der Waals surface area contributed by atoms with E-state index in [4.69, 9.17) is 14.2 Å². The van der Waals surface area contributed by atoms with Crippen LogP contribution in [0, 0.1) is 0 Å². The van der Waals surface area contributed by atoms with Crippen LogP contribution in [0.2, 0.25) is 0 Å². The second-order valence-electron chi connectivity index (χ2n) is 12.6. The second-order valence-corrected chi connectivity index (χ2v) is 12.6. The molecule has 0 saturated carbocycles. The van der Waals surface area contributed by atoms with Gasteiger partial charge in [-0.2, -0.15) is 0 Å². The molecule has 44 heavy (non-hydrogen) atoms. The van der Waals surface area contributed by atoms with Crippen molar-refractivity contribution in [1.82, 2.24) is 26.6 Å². The highest BCUT2D eigenvalue weighted by molar-refractivity contribution is 5.79. The first kappa shape index (κ1) is 38.0. The highest BCUT2D eigenvalue weighted by Crippen LogP contribution is 2.07. The van der Waals surface area contributed by atoms with E-state index >= 15 is 0 Å². The lowest BCUT2D eigenvalue weighted by Crippen LogP contribution is -2.56. The van der Waals surface area contributed by atoms with E-state index in [0.29, 0.717) is 13.0 Å². The fourth-order valence-corrected chi connectivity index (χ4v) is 3.81. The van der Waals surface area contributed by atoms with E-state index < -0.39 is 29.5 Å². The molecule has 0 bridgehead atoms. The summed E-state index contributed by atoms with van der Waals surface area (Å²) in [5.74, 6) is -0.624. The van der Waals surface area contributed by atoms with Crippen molar-refractivity contribution >= 4 is 30.1 Å².